The summed E-state index contributed by atoms with van der Waals surface area (Å²) in [5.74, 6) is -0.270. The van der Waals surface area contributed by atoms with Crippen molar-refractivity contribution in [1.29, 1.82) is 0 Å². The minimum Gasteiger partial charge on any atom is -0.462 e. The smallest absolute Gasteiger partial charge is 0.330 e. The number of rotatable bonds is 8. The molecule has 0 aromatic rings. The molecule has 1 aliphatic carbocycles. The van der Waals surface area contributed by atoms with Crippen molar-refractivity contribution in [2.75, 3.05) is 6.61 Å². The van der Waals surface area contributed by atoms with E-state index in [4.69, 9.17) is 4.74 Å². The third-order valence-corrected chi connectivity index (χ3v) is 4.16. The van der Waals surface area contributed by atoms with Crippen LogP contribution in [0.5, 0.6) is 0 Å². The molecule has 0 aliphatic heterocycles. The topological polar surface area (TPSA) is 26.3 Å². The van der Waals surface area contributed by atoms with Crippen LogP contribution in [-0.2, 0) is 9.53 Å². The van der Waals surface area contributed by atoms with E-state index < -0.39 is 0 Å². The number of hydrogen-bond donors (Lipinski definition) is 0. The molecule has 0 heterocycles. The molecule has 1 fully saturated rings. The van der Waals surface area contributed by atoms with Gasteiger partial charge >= 0.3 is 5.97 Å². The Kier molecular flexibility index (Phi) is 7.07. The number of carbonyl (C=O) groups excluding carboxylic acids is 1. The van der Waals surface area contributed by atoms with Crippen LogP contribution in [0.15, 0.2) is 12.7 Å². The summed E-state index contributed by atoms with van der Waals surface area (Å²) < 4.78 is 5.33. The molecule has 0 aromatic carbocycles. The van der Waals surface area contributed by atoms with Gasteiger partial charge in [-0.1, -0.05) is 58.4 Å². The van der Waals surface area contributed by atoms with Crippen LogP contribution in [0.4, 0.5) is 0 Å². The summed E-state index contributed by atoms with van der Waals surface area (Å²) in [4.78, 5) is 11.2. The van der Waals surface area contributed by atoms with Gasteiger partial charge in [0, 0.05) is 11.5 Å². The molecule has 0 amide bonds. The first-order chi connectivity index (χ1) is 8.72. The third kappa shape index (κ3) is 5.24. The van der Waals surface area contributed by atoms with Gasteiger partial charge in [-0.15, -0.1) is 0 Å². The van der Waals surface area contributed by atoms with E-state index in [-0.39, 0.29) is 11.4 Å². The van der Waals surface area contributed by atoms with Crippen LogP contribution < -0.4 is 0 Å². The Morgan fingerprint density at radius 2 is 1.94 bits per heavy atom. The number of hydrogen-bond acceptors (Lipinski definition) is 2. The van der Waals surface area contributed by atoms with E-state index in [2.05, 4.69) is 13.5 Å². The fourth-order valence-electron chi connectivity index (χ4n) is 2.98. The molecule has 1 saturated carbocycles. The second kappa shape index (κ2) is 8.34. The highest BCUT2D eigenvalue weighted by atomic mass is 16.5. The first-order valence-corrected chi connectivity index (χ1v) is 7.52. The van der Waals surface area contributed by atoms with Crippen molar-refractivity contribution >= 4 is 5.97 Å². The van der Waals surface area contributed by atoms with Gasteiger partial charge in [-0.3, -0.25) is 0 Å². The zero-order valence-electron chi connectivity index (χ0n) is 11.9. The molecule has 1 aliphatic rings. The van der Waals surface area contributed by atoms with Crippen LogP contribution in [0.25, 0.3) is 0 Å². The van der Waals surface area contributed by atoms with E-state index in [0.717, 1.165) is 0 Å². The van der Waals surface area contributed by atoms with Crippen LogP contribution in [0.1, 0.15) is 71.1 Å². The molecule has 0 N–H and O–H groups in total. The molecule has 2 heteroatoms. The maximum Gasteiger partial charge on any atom is 0.330 e. The van der Waals surface area contributed by atoms with Gasteiger partial charge in [0.1, 0.15) is 0 Å². The van der Waals surface area contributed by atoms with E-state index in [0.29, 0.717) is 6.61 Å². The Morgan fingerprint density at radius 1 is 1.22 bits per heavy atom. The number of carbonyl (C=O) groups is 1. The summed E-state index contributed by atoms with van der Waals surface area (Å²) in [6, 6.07) is 0. The van der Waals surface area contributed by atoms with Crippen LogP contribution in [-0.4, -0.2) is 12.6 Å². The highest BCUT2D eigenvalue weighted by Crippen LogP contribution is 2.41. The van der Waals surface area contributed by atoms with Gasteiger partial charge in [0.25, 0.3) is 0 Å². The van der Waals surface area contributed by atoms with Gasteiger partial charge in [-0.25, -0.2) is 4.79 Å². The molecule has 0 aromatic heterocycles. The number of esters is 1. The summed E-state index contributed by atoms with van der Waals surface area (Å²) in [7, 11) is 0. The Hall–Kier alpha value is -0.790. The first kappa shape index (κ1) is 15.3. The second-order valence-electron chi connectivity index (χ2n) is 5.68. The SMILES string of the molecule is C=CC(=O)OCC1(CCCCCC)CCCCC1. The standard InChI is InChI=1S/C16H28O2/c1-3-5-6-8-11-16(12-9-7-10-13-16)14-18-15(17)4-2/h4H,2-3,5-14H2,1H3. The zero-order chi connectivity index (χ0) is 13.3. The van der Waals surface area contributed by atoms with Gasteiger partial charge < -0.3 is 4.74 Å². The lowest BCUT2D eigenvalue weighted by Gasteiger charge is -2.36. The number of unbranched alkanes of at least 4 members (excludes halogenated alkanes) is 3. The molecule has 0 spiro atoms. The van der Waals surface area contributed by atoms with Crippen molar-refractivity contribution in [3.05, 3.63) is 12.7 Å². The van der Waals surface area contributed by atoms with Crippen LogP contribution in [0.2, 0.25) is 0 Å². The summed E-state index contributed by atoms with van der Waals surface area (Å²) in [6.07, 6.45) is 14.1. The fourth-order valence-corrected chi connectivity index (χ4v) is 2.98. The summed E-state index contributed by atoms with van der Waals surface area (Å²) >= 11 is 0. The maximum absolute atomic E-state index is 11.2. The molecule has 1 rings (SSSR count). The molecule has 0 saturated heterocycles. The maximum atomic E-state index is 11.2. The number of ether oxygens (including phenoxy) is 1. The Balaban J connectivity index is 2.41. The monoisotopic (exact) mass is 252 g/mol. The molecule has 0 unspecified atom stereocenters. The summed E-state index contributed by atoms with van der Waals surface area (Å²) in [6.45, 7) is 6.30. The third-order valence-electron chi connectivity index (χ3n) is 4.16. The summed E-state index contributed by atoms with van der Waals surface area (Å²) in [5, 5.41) is 0. The van der Waals surface area contributed by atoms with Gasteiger partial charge in [-0.2, -0.15) is 0 Å². The molecular formula is C16H28O2. The van der Waals surface area contributed by atoms with Gasteiger partial charge in [0.15, 0.2) is 0 Å². The quantitative estimate of drug-likeness (QED) is 0.357. The van der Waals surface area contributed by atoms with E-state index in [9.17, 15) is 4.79 Å². The van der Waals surface area contributed by atoms with E-state index in [1.54, 1.807) is 0 Å². The molecular weight excluding hydrogens is 224 g/mol. The van der Waals surface area contributed by atoms with E-state index in [1.807, 2.05) is 0 Å². The normalized spacial score (nSPS) is 18.3. The molecule has 0 atom stereocenters. The molecule has 18 heavy (non-hydrogen) atoms. The van der Waals surface area contributed by atoms with Crippen molar-refractivity contribution in [3.8, 4) is 0 Å². The molecule has 0 bridgehead atoms. The minimum absolute atomic E-state index is 0.269. The average Bonchev–Trinajstić information content (AvgIpc) is 2.42. The zero-order valence-corrected chi connectivity index (χ0v) is 11.9. The van der Waals surface area contributed by atoms with Gasteiger partial charge in [0.2, 0.25) is 0 Å². The summed E-state index contributed by atoms with van der Waals surface area (Å²) in [5.41, 5.74) is 0.269. The Bertz CT molecular complexity index is 252. The Morgan fingerprint density at radius 3 is 2.56 bits per heavy atom. The predicted molar refractivity (Wildman–Crippen MR) is 75.4 cm³/mol. The van der Waals surface area contributed by atoms with Gasteiger partial charge in [-0.05, 0) is 19.3 Å². The predicted octanol–water partition coefficient (Wildman–Crippen LogP) is 4.64. The Labute approximate surface area is 112 Å². The van der Waals surface area contributed by atoms with E-state index in [1.165, 1.54) is 70.3 Å². The lowest BCUT2D eigenvalue weighted by atomic mass is 9.71. The van der Waals surface area contributed by atoms with Crippen LogP contribution in [0.3, 0.4) is 0 Å². The van der Waals surface area contributed by atoms with E-state index >= 15 is 0 Å². The highest BCUT2D eigenvalue weighted by molar-refractivity contribution is 5.81. The van der Waals surface area contributed by atoms with Crippen molar-refractivity contribution in [1.82, 2.24) is 0 Å². The lowest BCUT2D eigenvalue weighted by Crippen LogP contribution is -2.30. The van der Waals surface area contributed by atoms with Crippen LogP contribution >= 0.6 is 0 Å². The lowest BCUT2D eigenvalue weighted by molar-refractivity contribution is -0.142. The molecule has 104 valence electrons. The average molecular weight is 252 g/mol. The van der Waals surface area contributed by atoms with Crippen molar-refractivity contribution < 1.29 is 9.53 Å². The fraction of sp³-hybridized carbons (Fsp3) is 0.812. The van der Waals surface area contributed by atoms with Crippen molar-refractivity contribution in [3.63, 3.8) is 0 Å². The molecule has 2 nitrogen and oxygen atoms in total. The second-order valence-corrected chi connectivity index (χ2v) is 5.68. The highest BCUT2D eigenvalue weighted by Gasteiger charge is 2.32. The minimum atomic E-state index is -0.270. The van der Waals surface area contributed by atoms with Crippen molar-refractivity contribution in [2.45, 2.75) is 71.1 Å². The molecule has 0 radical (unpaired) electrons. The first-order valence-electron chi connectivity index (χ1n) is 7.52. The van der Waals surface area contributed by atoms with Crippen LogP contribution in [0, 0.1) is 5.41 Å². The largest absolute Gasteiger partial charge is 0.462 e. The van der Waals surface area contributed by atoms with Crippen molar-refractivity contribution in [2.24, 2.45) is 5.41 Å². The van der Waals surface area contributed by atoms with Gasteiger partial charge in [0.05, 0.1) is 6.61 Å².